The van der Waals surface area contributed by atoms with Gasteiger partial charge >= 0.3 is 5.97 Å². The van der Waals surface area contributed by atoms with Gasteiger partial charge in [-0.05, 0) is 29.5 Å². The van der Waals surface area contributed by atoms with Crippen molar-refractivity contribution in [2.75, 3.05) is 0 Å². The van der Waals surface area contributed by atoms with E-state index < -0.39 is 17.7 Å². The molecule has 1 unspecified atom stereocenters. The molecule has 1 N–H and O–H groups in total. The Bertz CT molecular complexity index is 380. The van der Waals surface area contributed by atoms with Crippen LogP contribution in [0.3, 0.4) is 0 Å². The van der Waals surface area contributed by atoms with Crippen molar-refractivity contribution in [1.82, 2.24) is 0 Å². The first-order chi connectivity index (χ1) is 7.29. The minimum absolute atomic E-state index is 0.102. The van der Waals surface area contributed by atoms with E-state index in [4.69, 9.17) is 5.11 Å². The van der Waals surface area contributed by atoms with E-state index in [9.17, 15) is 9.18 Å². The van der Waals surface area contributed by atoms with Crippen LogP contribution in [0.4, 0.5) is 4.39 Å². The lowest BCUT2D eigenvalue weighted by Crippen LogP contribution is -2.19. The third-order valence-electron chi connectivity index (χ3n) is 2.37. The van der Waals surface area contributed by atoms with E-state index in [1.165, 1.54) is 12.1 Å². The Morgan fingerprint density at radius 2 is 2.06 bits per heavy atom. The van der Waals surface area contributed by atoms with Gasteiger partial charge < -0.3 is 5.11 Å². The van der Waals surface area contributed by atoms with Gasteiger partial charge in [0.1, 0.15) is 5.82 Å². The van der Waals surface area contributed by atoms with E-state index in [2.05, 4.69) is 0 Å². The number of hydrogen-bond acceptors (Lipinski definition) is 1. The monoisotopic (exact) mass is 224 g/mol. The molecule has 0 aliphatic heterocycles. The Hall–Kier alpha value is -1.38. The zero-order valence-corrected chi connectivity index (χ0v) is 9.83. The minimum Gasteiger partial charge on any atom is -0.481 e. The van der Waals surface area contributed by atoms with Gasteiger partial charge in [0.25, 0.3) is 0 Å². The van der Waals surface area contributed by atoms with E-state index >= 15 is 0 Å². The summed E-state index contributed by atoms with van der Waals surface area (Å²) in [7, 11) is 0. The molecule has 0 heterocycles. The van der Waals surface area contributed by atoms with Crippen LogP contribution in [0.5, 0.6) is 0 Å². The van der Waals surface area contributed by atoms with Crippen LogP contribution in [0, 0.1) is 11.2 Å². The van der Waals surface area contributed by atoms with Gasteiger partial charge in [-0.15, -0.1) is 0 Å². The van der Waals surface area contributed by atoms with Crippen molar-refractivity contribution in [2.24, 2.45) is 5.41 Å². The number of hydrogen-bond donors (Lipinski definition) is 1. The molecule has 1 atom stereocenters. The topological polar surface area (TPSA) is 37.3 Å². The molecule has 88 valence electrons. The van der Waals surface area contributed by atoms with Gasteiger partial charge in [-0.25, -0.2) is 4.39 Å². The minimum atomic E-state index is -0.902. The third kappa shape index (κ3) is 3.65. The average molecular weight is 224 g/mol. The van der Waals surface area contributed by atoms with Crippen molar-refractivity contribution in [1.29, 1.82) is 0 Å². The van der Waals surface area contributed by atoms with Crippen LogP contribution in [0.1, 0.15) is 38.7 Å². The second-order valence-corrected chi connectivity index (χ2v) is 5.21. The van der Waals surface area contributed by atoms with Gasteiger partial charge in [-0.3, -0.25) is 4.79 Å². The number of carboxylic acid groups (broad SMARTS) is 1. The first-order valence-electron chi connectivity index (χ1n) is 5.28. The van der Waals surface area contributed by atoms with Gasteiger partial charge in [0.05, 0.1) is 5.92 Å². The molecule has 0 aliphatic carbocycles. The predicted molar refractivity (Wildman–Crippen MR) is 60.8 cm³/mol. The van der Waals surface area contributed by atoms with Gasteiger partial charge in [0, 0.05) is 0 Å². The summed E-state index contributed by atoms with van der Waals surface area (Å²) in [6.45, 7) is 5.92. The van der Waals surface area contributed by atoms with Crippen LogP contribution in [-0.4, -0.2) is 11.1 Å². The zero-order chi connectivity index (χ0) is 12.3. The van der Waals surface area contributed by atoms with Gasteiger partial charge in [0.2, 0.25) is 0 Å². The Labute approximate surface area is 95.1 Å². The normalized spacial score (nSPS) is 13.5. The highest BCUT2D eigenvalue weighted by Crippen LogP contribution is 2.31. The summed E-state index contributed by atoms with van der Waals surface area (Å²) >= 11 is 0. The van der Waals surface area contributed by atoms with Crippen molar-refractivity contribution in [2.45, 2.75) is 33.1 Å². The summed E-state index contributed by atoms with van der Waals surface area (Å²) < 4.78 is 13.0. The number of benzene rings is 1. The number of carbonyl (C=O) groups is 1. The molecule has 0 saturated heterocycles. The van der Waals surface area contributed by atoms with Gasteiger partial charge in [0.15, 0.2) is 0 Å². The first kappa shape index (κ1) is 12.7. The standard InChI is InChI=1S/C13H17FO2/c1-13(2,3)8-11(12(15)16)9-5-4-6-10(14)7-9/h4-7,11H,8H2,1-3H3,(H,15,16). The molecule has 0 aromatic heterocycles. The fourth-order valence-corrected chi connectivity index (χ4v) is 1.68. The molecule has 0 saturated carbocycles. The molecule has 0 aliphatic rings. The number of rotatable bonds is 3. The maximum atomic E-state index is 13.0. The third-order valence-corrected chi connectivity index (χ3v) is 2.37. The lowest BCUT2D eigenvalue weighted by Gasteiger charge is -2.23. The van der Waals surface area contributed by atoms with Crippen molar-refractivity contribution in [3.05, 3.63) is 35.6 Å². The highest BCUT2D eigenvalue weighted by Gasteiger charge is 2.26. The second kappa shape index (κ2) is 4.64. The maximum absolute atomic E-state index is 13.0. The zero-order valence-electron chi connectivity index (χ0n) is 9.83. The highest BCUT2D eigenvalue weighted by atomic mass is 19.1. The van der Waals surface area contributed by atoms with Crippen molar-refractivity contribution in [3.8, 4) is 0 Å². The molecule has 0 bridgehead atoms. The predicted octanol–water partition coefficient (Wildman–Crippen LogP) is 3.43. The summed E-state index contributed by atoms with van der Waals surface area (Å²) in [5.74, 6) is -1.94. The molecule has 3 heteroatoms. The Morgan fingerprint density at radius 1 is 1.44 bits per heavy atom. The Morgan fingerprint density at radius 3 is 2.50 bits per heavy atom. The molecule has 0 amide bonds. The number of halogens is 1. The fraction of sp³-hybridized carbons (Fsp3) is 0.462. The molecule has 0 spiro atoms. The van der Waals surface area contributed by atoms with Crippen LogP contribution >= 0.6 is 0 Å². The van der Waals surface area contributed by atoms with Crippen molar-refractivity contribution in [3.63, 3.8) is 0 Å². The summed E-state index contributed by atoms with van der Waals surface area (Å²) in [5, 5.41) is 9.16. The molecule has 1 aromatic carbocycles. The van der Waals surface area contributed by atoms with Crippen LogP contribution in [0.25, 0.3) is 0 Å². The lowest BCUT2D eigenvalue weighted by atomic mass is 9.81. The van der Waals surface area contributed by atoms with Crippen LogP contribution in [0.15, 0.2) is 24.3 Å². The van der Waals surface area contributed by atoms with Crippen LogP contribution in [-0.2, 0) is 4.79 Å². The van der Waals surface area contributed by atoms with Crippen molar-refractivity contribution >= 4 is 5.97 Å². The number of carboxylic acids is 1. The summed E-state index contributed by atoms with van der Waals surface area (Å²) in [5.41, 5.74) is 0.428. The lowest BCUT2D eigenvalue weighted by molar-refractivity contribution is -0.139. The second-order valence-electron chi connectivity index (χ2n) is 5.21. The largest absolute Gasteiger partial charge is 0.481 e. The van der Waals surface area contributed by atoms with E-state index in [1.54, 1.807) is 12.1 Å². The number of aliphatic carboxylic acids is 1. The average Bonchev–Trinajstić information content (AvgIpc) is 2.12. The van der Waals surface area contributed by atoms with Crippen LogP contribution < -0.4 is 0 Å². The molecule has 1 rings (SSSR count). The van der Waals surface area contributed by atoms with Gasteiger partial charge in [-0.1, -0.05) is 32.9 Å². The van der Waals surface area contributed by atoms with Crippen LogP contribution in [0.2, 0.25) is 0 Å². The van der Waals surface area contributed by atoms with Gasteiger partial charge in [-0.2, -0.15) is 0 Å². The maximum Gasteiger partial charge on any atom is 0.310 e. The van der Waals surface area contributed by atoms with E-state index in [0.717, 1.165) is 0 Å². The quantitative estimate of drug-likeness (QED) is 0.854. The molecular weight excluding hydrogens is 207 g/mol. The van der Waals surface area contributed by atoms with E-state index in [-0.39, 0.29) is 5.41 Å². The summed E-state index contributed by atoms with van der Waals surface area (Å²) in [6.07, 6.45) is 0.492. The Kier molecular flexibility index (Phi) is 3.68. The molecule has 16 heavy (non-hydrogen) atoms. The first-order valence-corrected chi connectivity index (χ1v) is 5.28. The molecule has 0 radical (unpaired) electrons. The fourth-order valence-electron chi connectivity index (χ4n) is 1.68. The van der Waals surface area contributed by atoms with E-state index in [1.807, 2.05) is 20.8 Å². The Balaban J connectivity index is 2.99. The smallest absolute Gasteiger partial charge is 0.310 e. The summed E-state index contributed by atoms with van der Waals surface area (Å²) in [4.78, 5) is 11.2. The summed E-state index contributed by atoms with van der Waals surface area (Å²) in [6, 6.07) is 5.82. The highest BCUT2D eigenvalue weighted by molar-refractivity contribution is 5.76. The molecular formula is C13H17FO2. The molecule has 2 nitrogen and oxygen atoms in total. The van der Waals surface area contributed by atoms with Crippen molar-refractivity contribution < 1.29 is 14.3 Å². The molecule has 1 aromatic rings. The SMILES string of the molecule is CC(C)(C)CC(C(=O)O)c1cccc(F)c1. The van der Waals surface area contributed by atoms with E-state index in [0.29, 0.717) is 12.0 Å². The molecule has 0 fully saturated rings.